The number of pyridine rings is 1. The van der Waals surface area contributed by atoms with Crippen molar-refractivity contribution in [2.75, 3.05) is 0 Å². The van der Waals surface area contributed by atoms with Crippen LogP contribution < -0.4 is 0 Å². The molecule has 1 nitrogen and oxygen atoms in total. The predicted molar refractivity (Wildman–Crippen MR) is 75.5 cm³/mol. The van der Waals surface area contributed by atoms with Crippen LogP contribution in [0.25, 0.3) is 22.0 Å². The monoisotopic (exact) mass is 412 g/mol. The Morgan fingerprint density at radius 3 is 2.63 bits per heavy atom. The zero-order valence-corrected chi connectivity index (χ0v) is 14.7. The van der Waals surface area contributed by atoms with Gasteiger partial charge in [-0.1, -0.05) is 43.7 Å². The van der Waals surface area contributed by atoms with Gasteiger partial charge in [-0.15, -0.1) is 34.9 Å². The van der Waals surface area contributed by atoms with Gasteiger partial charge < -0.3 is 0 Å². The van der Waals surface area contributed by atoms with E-state index in [9.17, 15) is 0 Å². The van der Waals surface area contributed by atoms with Crippen molar-refractivity contribution < 1.29 is 25.8 Å². The first-order valence-electron chi connectivity index (χ1n) is 6.09. The molecule has 0 saturated heterocycles. The minimum Gasteiger partial charge on any atom is -0.266 e. The number of fused-ring (bicyclic) bond motifs is 1. The largest absolute Gasteiger partial charge is 0.266 e. The van der Waals surface area contributed by atoms with E-state index >= 15 is 0 Å². The smallest absolute Gasteiger partial charge is 0.0367 e. The van der Waals surface area contributed by atoms with E-state index < -0.39 is 0 Å². The number of aryl methyl sites for hydroxylation is 2. The van der Waals surface area contributed by atoms with E-state index in [1.54, 1.807) is 0 Å². The molecule has 3 aromatic rings. The molecule has 19 heavy (non-hydrogen) atoms. The number of benzene rings is 2. The summed E-state index contributed by atoms with van der Waals surface area (Å²) in [6.07, 6.45) is 1.84. The van der Waals surface area contributed by atoms with E-state index in [1.807, 2.05) is 18.3 Å². The van der Waals surface area contributed by atoms with Crippen LogP contribution in [0, 0.1) is 19.9 Å². The average molecular weight is 411 g/mol. The van der Waals surface area contributed by atoms with Crippen LogP contribution in [0.3, 0.4) is 0 Å². The third-order valence-corrected chi connectivity index (χ3v) is 3.18. The molecule has 2 heteroatoms. The maximum absolute atomic E-state index is 4.50. The Morgan fingerprint density at radius 1 is 1.05 bits per heavy atom. The van der Waals surface area contributed by atoms with Crippen molar-refractivity contribution >= 4 is 10.9 Å². The molecular weight excluding hydrogens is 397 g/mol. The topological polar surface area (TPSA) is 12.9 Å². The first-order valence-corrected chi connectivity index (χ1v) is 6.09. The first-order chi connectivity index (χ1) is 8.75. The molecule has 3 rings (SSSR count). The molecule has 2 aromatic carbocycles. The average Bonchev–Trinajstić information content (AvgIpc) is 2.38. The quantitative estimate of drug-likeness (QED) is 0.430. The number of para-hydroxylation sites is 1. The van der Waals surface area contributed by atoms with Gasteiger partial charge in [-0.25, -0.2) is 0 Å². The van der Waals surface area contributed by atoms with Gasteiger partial charge in [0, 0.05) is 37.6 Å². The summed E-state index contributed by atoms with van der Waals surface area (Å²) in [6.45, 7) is 4.22. The summed E-state index contributed by atoms with van der Waals surface area (Å²) < 4.78 is 0. The molecule has 0 saturated carbocycles. The summed E-state index contributed by atoms with van der Waals surface area (Å²) in [5.74, 6) is 0. The molecule has 0 fully saturated rings. The van der Waals surface area contributed by atoms with E-state index in [0.717, 1.165) is 16.6 Å². The third-order valence-electron chi connectivity index (χ3n) is 3.18. The molecule has 92 valence electrons. The minimum absolute atomic E-state index is 0. The van der Waals surface area contributed by atoms with Crippen molar-refractivity contribution in [3.05, 3.63) is 65.9 Å². The number of aromatic nitrogens is 1. The van der Waals surface area contributed by atoms with E-state index in [4.69, 9.17) is 0 Å². The standard InChI is InChI=1S/C17H14N.Hf/c1-12-8-9-15(13(2)11-12)16-7-3-5-14-6-4-10-18-17(14)16;/h3-8,10-11H,1-2H3;/q-1;. The van der Waals surface area contributed by atoms with Crippen LogP contribution in [0.1, 0.15) is 11.1 Å². The van der Waals surface area contributed by atoms with Crippen molar-refractivity contribution in [1.82, 2.24) is 4.98 Å². The summed E-state index contributed by atoms with van der Waals surface area (Å²) >= 11 is 0. The minimum atomic E-state index is 0. The fourth-order valence-electron chi connectivity index (χ4n) is 2.35. The number of hydrogen-bond acceptors (Lipinski definition) is 1. The second-order valence-electron chi connectivity index (χ2n) is 4.62. The van der Waals surface area contributed by atoms with Gasteiger partial charge in [0.05, 0.1) is 0 Å². The molecule has 0 amide bonds. The van der Waals surface area contributed by atoms with E-state index in [-0.39, 0.29) is 25.8 Å². The Bertz CT molecular complexity index is 714. The van der Waals surface area contributed by atoms with E-state index in [2.05, 4.69) is 55.2 Å². The zero-order valence-electron chi connectivity index (χ0n) is 11.1. The predicted octanol–water partition coefficient (Wildman–Crippen LogP) is 4.32. The fraction of sp³-hybridized carbons (Fsp3) is 0.118. The van der Waals surface area contributed by atoms with Crippen molar-refractivity contribution in [3.63, 3.8) is 0 Å². The molecule has 0 atom stereocenters. The van der Waals surface area contributed by atoms with E-state index in [1.165, 1.54) is 16.5 Å². The summed E-state index contributed by atoms with van der Waals surface area (Å²) in [5, 5.41) is 1.17. The fourth-order valence-corrected chi connectivity index (χ4v) is 2.35. The molecule has 0 unspecified atom stereocenters. The van der Waals surface area contributed by atoms with Crippen LogP contribution in [-0.4, -0.2) is 4.98 Å². The molecule has 0 spiro atoms. The van der Waals surface area contributed by atoms with Gasteiger partial charge in [-0.2, -0.15) is 0 Å². The third kappa shape index (κ3) is 2.69. The summed E-state index contributed by atoms with van der Waals surface area (Å²) in [4.78, 5) is 4.50. The van der Waals surface area contributed by atoms with Gasteiger partial charge >= 0.3 is 0 Å². The van der Waals surface area contributed by atoms with Gasteiger partial charge in [-0.05, 0) is 11.5 Å². The summed E-state index contributed by atoms with van der Waals surface area (Å²) in [6, 6.07) is 17.9. The Morgan fingerprint density at radius 2 is 1.84 bits per heavy atom. The molecule has 0 aliphatic rings. The molecule has 1 aromatic heterocycles. The SMILES string of the molecule is Cc1c[c-]c(-c2cccc3cccnc23)c(C)c1.[Hf]. The molecule has 0 bridgehead atoms. The number of rotatable bonds is 1. The summed E-state index contributed by atoms with van der Waals surface area (Å²) in [5.41, 5.74) is 5.83. The van der Waals surface area contributed by atoms with Gasteiger partial charge in [-0.3, -0.25) is 4.98 Å². The molecule has 1 heterocycles. The van der Waals surface area contributed by atoms with Crippen LogP contribution in [0.5, 0.6) is 0 Å². The second kappa shape index (κ2) is 5.79. The molecule has 0 radical (unpaired) electrons. The summed E-state index contributed by atoms with van der Waals surface area (Å²) in [7, 11) is 0. The van der Waals surface area contributed by atoms with Crippen molar-refractivity contribution in [3.8, 4) is 11.1 Å². The van der Waals surface area contributed by atoms with E-state index in [0.29, 0.717) is 0 Å². The second-order valence-corrected chi connectivity index (χ2v) is 4.62. The van der Waals surface area contributed by atoms with Crippen LogP contribution in [0.2, 0.25) is 0 Å². The zero-order chi connectivity index (χ0) is 12.5. The molecular formula is C17H14HfN-. The molecule has 0 aliphatic heterocycles. The van der Waals surface area contributed by atoms with Crippen LogP contribution in [0.4, 0.5) is 0 Å². The molecule has 0 N–H and O–H groups in total. The number of hydrogen-bond donors (Lipinski definition) is 0. The van der Waals surface area contributed by atoms with Crippen LogP contribution in [-0.2, 0) is 25.8 Å². The van der Waals surface area contributed by atoms with Gasteiger partial charge in [0.15, 0.2) is 0 Å². The Balaban J connectivity index is 0.00000133. The van der Waals surface area contributed by atoms with Gasteiger partial charge in [0.2, 0.25) is 0 Å². The Hall–Kier alpha value is -1.28. The van der Waals surface area contributed by atoms with Crippen molar-refractivity contribution in [1.29, 1.82) is 0 Å². The van der Waals surface area contributed by atoms with Crippen LogP contribution in [0.15, 0.2) is 48.7 Å². The first kappa shape index (κ1) is 14.1. The Kier molecular flexibility index (Phi) is 4.31. The van der Waals surface area contributed by atoms with Crippen LogP contribution >= 0.6 is 0 Å². The van der Waals surface area contributed by atoms with Crippen molar-refractivity contribution in [2.24, 2.45) is 0 Å². The maximum Gasteiger partial charge on any atom is 0.0367 e. The maximum atomic E-state index is 4.50. The van der Waals surface area contributed by atoms with Gasteiger partial charge in [0.1, 0.15) is 0 Å². The molecule has 0 aliphatic carbocycles. The number of nitrogens with zero attached hydrogens (tertiary/aromatic N) is 1. The Labute approximate surface area is 132 Å². The normalized spacial score (nSPS) is 10.2. The van der Waals surface area contributed by atoms with Crippen molar-refractivity contribution in [2.45, 2.75) is 13.8 Å². The van der Waals surface area contributed by atoms with Gasteiger partial charge in [0.25, 0.3) is 0 Å².